The van der Waals surface area contributed by atoms with E-state index in [0.29, 0.717) is 24.9 Å². The van der Waals surface area contributed by atoms with E-state index in [0.717, 1.165) is 57.2 Å². The molecule has 162 valence electrons. The van der Waals surface area contributed by atoms with Gasteiger partial charge in [-0.05, 0) is 56.7 Å². The van der Waals surface area contributed by atoms with Gasteiger partial charge >= 0.3 is 0 Å². The average Bonchev–Trinajstić information content (AvgIpc) is 3.36. The Labute approximate surface area is 191 Å². The minimum absolute atomic E-state index is 0. The van der Waals surface area contributed by atoms with Crippen LogP contribution >= 0.6 is 24.0 Å². The molecule has 0 radical (unpaired) electrons. The van der Waals surface area contributed by atoms with Crippen LogP contribution in [0.4, 0.5) is 0 Å². The van der Waals surface area contributed by atoms with Gasteiger partial charge in [0.15, 0.2) is 5.96 Å². The van der Waals surface area contributed by atoms with Crippen molar-refractivity contribution in [2.75, 3.05) is 33.4 Å². The lowest BCUT2D eigenvalue weighted by Gasteiger charge is -2.38. The van der Waals surface area contributed by atoms with Crippen molar-refractivity contribution in [3.8, 4) is 5.75 Å². The standard InChI is InChI=1S/C22H33N3O3.HI/c1-3-27-17-6-4-16(5-7-17)22(10-12-26-13-11-22)15-24-21(23-2)25-19-14-18-8-9-20(19)28-18;/h4-7,18-20H,3,8-15H2,1-2H3,(H2,23,24,25);1H. The molecule has 7 heteroatoms. The fraction of sp³-hybridized carbons (Fsp3) is 0.682. The van der Waals surface area contributed by atoms with Crippen molar-refractivity contribution in [2.45, 2.75) is 62.7 Å². The number of benzene rings is 1. The third kappa shape index (κ3) is 5.17. The van der Waals surface area contributed by atoms with Crippen LogP contribution in [0.1, 0.15) is 44.6 Å². The Morgan fingerprint density at radius 2 is 1.97 bits per heavy atom. The third-order valence-electron chi connectivity index (χ3n) is 6.47. The van der Waals surface area contributed by atoms with Gasteiger partial charge in [0.2, 0.25) is 0 Å². The Hall–Kier alpha value is -1.06. The number of aliphatic imine (C=N–C) groups is 1. The molecule has 0 aliphatic carbocycles. The minimum Gasteiger partial charge on any atom is -0.494 e. The molecule has 3 atom stereocenters. The molecule has 3 aliphatic heterocycles. The van der Waals surface area contributed by atoms with Gasteiger partial charge in [-0.2, -0.15) is 0 Å². The van der Waals surface area contributed by atoms with Crippen LogP contribution in [0.15, 0.2) is 29.3 Å². The van der Waals surface area contributed by atoms with E-state index in [1.807, 2.05) is 14.0 Å². The van der Waals surface area contributed by atoms with E-state index in [9.17, 15) is 0 Å². The molecule has 0 saturated carbocycles. The topological polar surface area (TPSA) is 64.1 Å². The summed E-state index contributed by atoms with van der Waals surface area (Å²) in [7, 11) is 1.84. The summed E-state index contributed by atoms with van der Waals surface area (Å²) in [4.78, 5) is 4.47. The second kappa shape index (κ2) is 10.3. The van der Waals surface area contributed by atoms with Crippen LogP contribution < -0.4 is 15.4 Å². The molecule has 4 rings (SSSR count). The first kappa shape index (κ1) is 22.6. The van der Waals surface area contributed by atoms with E-state index in [1.54, 1.807) is 0 Å². The second-order valence-electron chi connectivity index (χ2n) is 8.14. The molecule has 3 fully saturated rings. The van der Waals surface area contributed by atoms with Crippen molar-refractivity contribution in [3.05, 3.63) is 29.8 Å². The van der Waals surface area contributed by atoms with Gasteiger partial charge < -0.3 is 24.8 Å². The maximum absolute atomic E-state index is 5.97. The molecule has 3 unspecified atom stereocenters. The quantitative estimate of drug-likeness (QED) is 0.346. The molecule has 3 heterocycles. The first-order valence-corrected chi connectivity index (χ1v) is 10.7. The third-order valence-corrected chi connectivity index (χ3v) is 6.47. The van der Waals surface area contributed by atoms with Crippen molar-refractivity contribution in [1.29, 1.82) is 0 Å². The minimum atomic E-state index is 0. The van der Waals surface area contributed by atoms with Crippen LogP contribution in [0.5, 0.6) is 5.75 Å². The zero-order chi connectivity index (χ0) is 19.4. The van der Waals surface area contributed by atoms with E-state index < -0.39 is 0 Å². The maximum atomic E-state index is 5.97. The predicted octanol–water partition coefficient (Wildman–Crippen LogP) is 3.24. The molecule has 0 spiro atoms. The van der Waals surface area contributed by atoms with Crippen molar-refractivity contribution >= 4 is 29.9 Å². The van der Waals surface area contributed by atoms with E-state index in [4.69, 9.17) is 14.2 Å². The van der Waals surface area contributed by atoms with Gasteiger partial charge in [-0.3, -0.25) is 4.99 Å². The molecule has 1 aromatic carbocycles. The SMILES string of the molecule is CCOc1ccc(C2(CNC(=NC)NC3CC4CCC3O4)CCOCC2)cc1.I. The molecule has 6 nitrogen and oxygen atoms in total. The zero-order valence-corrected chi connectivity index (χ0v) is 19.8. The molecule has 29 heavy (non-hydrogen) atoms. The van der Waals surface area contributed by atoms with E-state index in [1.165, 1.54) is 12.0 Å². The number of halogens is 1. The van der Waals surface area contributed by atoms with Crippen molar-refractivity contribution in [3.63, 3.8) is 0 Å². The molecule has 2 bridgehead atoms. The maximum Gasteiger partial charge on any atom is 0.191 e. The first-order chi connectivity index (χ1) is 13.7. The van der Waals surface area contributed by atoms with Crippen molar-refractivity contribution in [1.82, 2.24) is 10.6 Å². The number of ether oxygens (including phenoxy) is 3. The fourth-order valence-electron chi connectivity index (χ4n) is 4.81. The molecular formula is C22H34IN3O3. The van der Waals surface area contributed by atoms with E-state index >= 15 is 0 Å². The summed E-state index contributed by atoms with van der Waals surface area (Å²) in [5.74, 6) is 1.80. The number of guanidine groups is 1. The summed E-state index contributed by atoms with van der Waals surface area (Å²) in [5.41, 5.74) is 1.39. The van der Waals surface area contributed by atoms with Gasteiger partial charge in [0.1, 0.15) is 5.75 Å². The molecule has 0 amide bonds. The van der Waals surface area contributed by atoms with Gasteiger partial charge in [0.25, 0.3) is 0 Å². The van der Waals surface area contributed by atoms with Gasteiger partial charge in [-0.25, -0.2) is 0 Å². The van der Waals surface area contributed by atoms with Crippen LogP contribution in [0.2, 0.25) is 0 Å². The van der Waals surface area contributed by atoms with Crippen LogP contribution in [-0.2, 0) is 14.9 Å². The monoisotopic (exact) mass is 515 g/mol. The van der Waals surface area contributed by atoms with Crippen LogP contribution in [0.25, 0.3) is 0 Å². The average molecular weight is 515 g/mol. The fourth-order valence-corrected chi connectivity index (χ4v) is 4.81. The van der Waals surface area contributed by atoms with E-state index in [-0.39, 0.29) is 29.4 Å². The smallest absolute Gasteiger partial charge is 0.191 e. The number of nitrogens with one attached hydrogen (secondary N) is 2. The molecule has 2 N–H and O–H groups in total. The Morgan fingerprint density at radius 3 is 2.55 bits per heavy atom. The normalized spacial score (nSPS) is 27.9. The molecule has 3 saturated heterocycles. The molecule has 0 aromatic heterocycles. The molecule has 3 aliphatic rings. The van der Waals surface area contributed by atoms with Crippen LogP contribution in [0, 0.1) is 0 Å². The second-order valence-corrected chi connectivity index (χ2v) is 8.14. The Balaban J connectivity index is 0.00000240. The highest BCUT2D eigenvalue weighted by Gasteiger charge is 2.41. The summed E-state index contributed by atoms with van der Waals surface area (Å²) in [5, 5.41) is 7.19. The Morgan fingerprint density at radius 1 is 1.21 bits per heavy atom. The summed E-state index contributed by atoms with van der Waals surface area (Å²) >= 11 is 0. The lowest BCUT2D eigenvalue weighted by molar-refractivity contribution is 0.0513. The summed E-state index contributed by atoms with van der Waals surface area (Å²) in [6.07, 6.45) is 6.23. The number of fused-ring (bicyclic) bond motifs is 2. The van der Waals surface area contributed by atoms with Gasteiger partial charge in [0, 0.05) is 32.2 Å². The zero-order valence-electron chi connectivity index (χ0n) is 17.5. The van der Waals surface area contributed by atoms with Gasteiger partial charge in [-0.1, -0.05) is 12.1 Å². The lowest BCUT2D eigenvalue weighted by atomic mass is 9.74. The highest BCUT2D eigenvalue weighted by molar-refractivity contribution is 14.0. The highest BCUT2D eigenvalue weighted by Crippen LogP contribution is 2.36. The van der Waals surface area contributed by atoms with Crippen molar-refractivity contribution < 1.29 is 14.2 Å². The highest BCUT2D eigenvalue weighted by atomic mass is 127. The largest absolute Gasteiger partial charge is 0.494 e. The van der Waals surface area contributed by atoms with Gasteiger partial charge in [-0.15, -0.1) is 24.0 Å². The van der Waals surface area contributed by atoms with Crippen LogP contribution in [0.3, 0.4) is 0 Å². The van der Waals surface area contributed by atoms with E-state index in [2.05, 4.69) is 39.9 Å². The lowest BCUT2D eigenvalue weighted by Crippen LogP contribution is -2.51. The molecule has 1 aromatic rings. The number of rotatable bonds is 6. The number of nitrogens with zero attached hydrogens (tertiary/aromatic N) is 1. The number of hydrogen-bond donors (Lipinski definition) is 2. The summed E-state index contributed by atoms with van der Waals surface area (Å²) in [6.45, 7) is 5.13. The Bertz CT molecular complexity index is 676. The first-order valence-electron chi connectivity index (χ1n) is 10.7. The summed E-state index contributed by atoms with van der Waals surface area (Å²) < 4.78 is 17.3. The van der Waals surface area contributed by atoms with Crippen LogP contribution in [-0.4, -0.2) is 57.6 Å². The Kier molecular flexibility index (Phi) is 8.04. The summed E-state index contributed by atoms with van der Waals surface area (Å²) in [6, 6.07) is 8.95. The number of hydrogen-bond acceptors (Lipinski definition) is 4. The molecular weight excluding hydrogens is 481 g/mol. The predicted molar refractivity (Wildman–Crippen MR) is 126 cm³/mol. The van der Waals surface area contributed by atoms with Crippen molar-refractivity contribution in [2.24, 2.45) is 4.99 Å². The van der Waals surface area contributed by atoms with Gasteiger partial charge in [0.05, 0.1) is 24.9 Å².